The first-order valence-electron chi connectivity index (χ1n) is 10.3. The number of carbonyl (C=O) groups is 1. The molecule has 1 N–H and O–H groups in total. The number of aromatic nitrogens is 1. The minimum absolute atomic E-state index is 0.320. The number of nitrogens with zero attached hydrogens (tertiary/aromatic N) is 2. The van der Waals surface area contributed by atoms with E-state index in [9.17, 15) is 4.79 Å². The van der Waals surface area contributed by atoms with E-state index in [0.29, 0.717) is 5.69 Å². The molecule has 2 aromatic rings. The number of pyridine rings is 1. The fourth-order valence-corrected chi connectivity index (χ4v) is 3.66. The van der Waals surface area contributed by atoms with Crippen molar-refractivity contribution >= 4 is 12.1 Å². The third kappa shape index (κ3) is 6.24. The van der Waals surface area contributed by atoms with E-state index >= 15 is 0 Å². The second kappa shape index (κ2) is 10.5. The molecule has 0 atom stereocenters. The van der Waals surface area contributed by atoms with Gasteiger partial charge in [-0.1, -0.05) is 68.2 Å². The summed E-state index contributed by atoms with van der Waals surface area (Å²) in [5.74, 6) is 0.522. The van der Waals surface area contributed by atoms with Crippen molar-refractivity contribution in [1.82, 2.24) is 10.4 Å². The predicted molar refractivity (Wildman–Crippen MR) is 120 cm³/mol. The van der Waals surface area contributed by atoms with Gasteiger partial charge in [-0.25, -0.2) is 5.43 Å². The summed E-state index contributed by atoms with van der Waals surface area (Å²) in [5, 5.41) is 4.00. The van der Waals surface area contributed by atoms with E-state index in [-0.39, 0.29) is 5.91 Å². The zero-order valence-corrected chi connectivity index (χ0v) is 17.3. The van der Waals surface area contributed by atoms with Crippen LogP contribution in [-0.2, 0) is 6.42 Å². The fraction of sp³-hybridized carbons (Fsp3) is 0.320. The van der Waals surface area contributed by atoms with Gasteiger partial charge >= 0.3 is 0 Å². The van der Waals surface area contributed by atoms with Gasteiger partial charge in [-0.2, -0.15) is 5.10 Å². The molecule has 1 aromatic heterocycles. The average Bonchev–Trinajstić information content (AvgIpc) is 3.26. The molecule has 3 rings (SSSR count). The van der Waals surface area contributed by atoms with Gasteiger partial charge in [0.2, 0.25) is 0 Å². The monoisotopic (exact) mass is 387 g/mol. The molecule has 0 aliphatic heterocycles. The molecule has 1 aliphatic carbocycles. The smallest absolute Gasteiger partial charge is 0.266 e. The number of amides is 1. The van der Waals surface area contributed by atoms with Crippen molar-refractivity contribution in [2.75, 3.05) is 0 Å². The average molecular weight is 388 g/mol. The van der Waals surface area contributed by atoms with Crippen molar-refractivity contribution in [3.05, 3.63) is 77.7 Å². The maximum absolute atomic E-state index is 12.4. The predicted octanol–water partition coefficient (Wildman–Crippen LogP) is 5.72. The summed E-state index contributed by atoms with van der Waals surface area (Å²) in [6.07, 6.45) is 15.7. The lowest BCUT2D eigenvalue weighted by molar-refractivity contribution is 0.0950. The van der Waals surface area contributed by atoms with Crippen LogP contribution in [0.2, 0.25) is 0 Å². The van der Waals surface area contributed by atoms with E-state index < -0.39 is 0 Å². The maximum Gasteiger partial charge on any atom is 0.289 e. The summed E-state index contributed by atoms with van der Waals surface area (Å²) >= 11 is 0. The van der Waals surface area contributed by atoms with Crippen molar-refractivity contribution in [3.63, 3.8) is 0 Å². The molecule has 1 aliphatic rings. The van der Waals surface area contributed by atoms with Crippen LogP contribution in [0, 0.1) is 5.92 Å². The lowest BCUT2D eigenvalue weighted by Gasteiger charge is -2.10. The van der Waals surface area contributed by atoms with E-state index in [1.165, 1.54) is 37.7 Å². The SMILES string of the molecule is C\C=C/C=C(C)/C=N/NC(=O)c1cc(-c2ccc(CC3CCCC3)cc2)ccn1. The van der Waals surface area contributed by atoms with E-state index in [2.05, 4.69) is 39.8 Å². The molecule has 0 unspecified atom stereocenters. The van der Waals surface area contributed by atoms with Gasteiger partial charge in [-0.3, -0.25) is 9.78 Å². The summed E-state index contributed by atoms with van der Waals surface area (Å²) in [7, 11) is 0. The Bertz CT molecular complexity index is 904. The van der Waals surface area contributed by atoms with E-state index in [1.807, 2.05) is 38.1 Å². The lowest BCUT2D eigenvalue weighted by atomic mass is 9.96. The van der Waals surface area contributed by atoms with Crippen LogP contribution in [0.4, 0.5) is 0 Å². The molecule has 1 heterocycles. The molecule has 4 heteroatoms. The van der Waals surface area contributed by atoms with E-state index in [4.69, 9.17) is 0 Å². The first-order chi connectivity index (χ1) is 14.2. The molecule has 0 radical (unpaired) electrons. The minimum atomic E-state index is -0.320. The summed E-state index contributed by atoms with van der Waals surface area (Å²) in [4.78, 5) is 16.5. The molecule has 29 heavy (non-hydrogen) atoms. The van der Waals surface area contributed by atoms with Gasteiger partial charge in [-0.05, 0) is 60.6 Å². The molecule has 1 saturated carbocycles. The molecule has 1 fully saturated rings. The van der Waals surface area contributed by atoms with Crippen molar-refractivity contribution in [1.29, 1.82) is 0 Å². The Balaban J connectivity index is 1.64. The van der Waals surface area contributed by atoms with Gasteiger partial charge in [0.1, 0.15) is 5.69 Å². The van der Waals surface area contributed by atoms with E-state index in [1.54, 1.807) is 18.5 Å². The second-order valence-corrected chi connectivity index (χ2v) is 7.62. The first-order valence-corrected chi connectivity index (χ1v) is 10.3. The largest absolute Gasteiger partial charge is 0.289 e. The maximum atomic E-state index is 12.4. The third-order valence-corrected chi connectivity index (χ3v) is 5.26. The number of hydrazone groups is 1. The van der Waals surface area contributed by atoms with Crippen LogP contribution in [0.5, 0.6) is 0 Å². The Hall–Kier alpha value is -3.01. The second-order valence-electron chi connectivity index (χ2n) is 7.62. The number of nitrogens with one attached hydrogen (secondary N) is 1. The topological polar surface area (TPSA) is 54.4 Å². The Morgan fingerprint density at radius 2 is 1.93 bits per heavy atom. The van der Waals surface area contributed by atoms with Gasteiger partial charge in [0.15, 0.2) is 0 Å². The standard InChI is InChI=1S/C25H29N3O/c1-3-4-7-19(2)18-27-28-25(29)24-17-23(14-15-26-24)22-12-10-21(11-13-22)16-20-8-5-6-9-20/h3-4,7,10-15,17-18,20H,5-6,8-9,16H2,1-2H3,(H,28,29)/b4-3-,19-7+,27-18+. The molecule has 1 amide bonds. The summed E-state index contributed by atoms with van der Waals surface area (Å²) in [6, 6.07) is 12.4. The number of rotatable bonds is 7. The van der Waals surface area contributed by atoms with Crippen molar-refractivity contribution in [2.24, 2.45) is 11.0 Å². The van der Waals surface area contributed by atoms with Crippen molar-refractivity contribution in [3.8, 4) is 11.1 Å². The minimum Gasteiger partial charge on any atom is -0.266 e. The molecule has 0 spiro atoms. The molecule has 1 aromatic carbocycles. The zero-order valence-electron chi connectivity index (χ0n) is 17.3. The highest BCUT2D eigenvalue weighted by Gasteiger charge is 2.15. The molecule has 0 bridgehead atoms. The van der Waals surface area contributed by atoms with Crippen LogP contribution < -0.4 is 5.43 Å². The summed E-state index contributed by atoms with van der Waals surface area (Å²) in [5.41, 5.74) is 7.29. The number of allylic oxidation sites excluding steroid dienone is 4. The quantitative estimate of drug-likeness (QED) is 0.375. The molecule has 0 saturated heterocycles. The number of carbonyl (C=O) groups excluding carboxylic acids is 1. The molecular weight excluding hydrogens is 358 g/mol. The van der Waals surface area contributed by atoms with Crippen LogP contribution in [0.1, 0.15) is 55.6 Å². The van der Waals surface area contributed by atoms with Gasteiger partial charge in [-0.15, -0.1) is 0 Å². The number of benzene rings is 1. The Labute approximate surface area is 173 Å². The lowest BCUT2D eigenvalue weighted by Crippen LogP contribution is -2.18. The van der Waals surface area contributed by atoms with Crippen molar-refractivity contribution in [2.45, 2.75) is 46.0 Å². The highest BCUT2D eigenvalue weighted by molar-refractivity contribution is 5.94. The Kier molecular flexibility index (Phi) is 7.51. The molecular formula is C25H29N3O. The normalized spacial score (nSPS) is 15.4. The van der Waals surface area contributed by atoms with Gasteiger partial charge in [0.25, 0.3) is 5.91 Å². The van der Waals surface area contributed by atoms with E-state index in [0.717, 1.165) is 22.6 Å². The van der Waals surface area contributed by atoms with Crippen molar-refractivity contribution < 1.29 is 4.79 Å². The molecule has 4 nitrogen and oxygen atoms in total. The van der Waals surface area contributed by atoms with Crippen LogP contribution in [0.15, 0.2) is 71.5 Å². The highest BCUT2D eigenvalue weighted by atomic mass is 16.2. The van der Waals surface area contributed by atoms with Crippen LogP contribution in [0.25, 0.3) is 11.1 Å². The number of hydrogen-bond donors (Lipinski definition) is 1. The Morgan fingerprint density at radius 3 is 2.66 bits per heavy atom. The summed E-state index contributed by atoms with van der Waals surface area (Å²) < 4.78 is 0. The van der Waals surface area contributed by atoms with Gasteiger partial charge < -0.3 is 0 Å². The van der Waals surface area contributed by atoms with Crippen LogP contribution >= 0.6 is 0 Å². The zero-order chi connectivity index (χ0) is 20.5. The summed E-state index contributed by atoms with van der Waals surface area (Å²) in [6.45, 7) is 3.87. The third-order valence-electron chi connectivity index (χ3n) is 5.26. The number of hydrogen-bond acceptors (Lipinski definition) is 3. The van der Waals surface area contributed by atoms with Crippen LogP contribution in [-0.4, -0.2) is 17.1 Å². The highest BCUT2D eigenvalue weighted by Crippen LogP contribution is 2.29. The molecule has 150 valence electrons. The van der Waals surface area contributed by atoms with Gasteiger partial charge in [0, 0.05) is 6.20 Å². The first kappa shape index (κ1) is 20.7. The fourth-order valence-electron chi connectivity index (χ4n) is 3.66. The Morgan fingerprint density at radius 1 is 1.17 bits per heavy atom. The van der Waals surface area contributed by atoms with Gasteiger partial charge in [0.05, 0.1) is 6.21 Å². The van der Waals surface area contributed by atoms with Crippen LogP contribution in [0.3, 0.4) is 0 Å².